The SMILES string of the molecule is CC(=O)OC1=C2C(C)(C)CCCC2(C)C=C1. The van der Waals surface area contributed by atoms with E-state index in [9.17, 15) is 4.79 Å². The van der Waals surface area contributed by atoms with E-state index in [-0.39, 0.29) is 16.8 Å². The van der Waals surface area contributed by atoms with Crippen LogP contribution >= 0.6 is 0 Å². The standard InChI is InChI=1S/C14H20O2/c1-10(15)16-11-6-9-14(4)8-5-7-13(2,3)12(11)14/h6,9H,5,7-8H2,1-4H3. The maximum Gasteiger partial charge on any atom is 0.308 e. The van der Waals surface area contributed by atoms with Crippen LogP contribution in [0.1, 0.15) is 47.0 Å². The monoisotopic (exact) mass is 220 g/mol. The molecule has 0 heterocycles. The lowest BCUT2D eigenvalue weighted by Gasteiger charge is -2.42. The normalized spacial score (nSPS) is 31.5. The first-order valence-corrected chi connectivity index (χ1v) is 5.98. The lowest BCUT2D eigenvalue weighted by molar-refractivity contribution is -0.136. The van der Waals surface area contributed by atoms with Crippen LogP contribution < -0.4 is 0 Å². The first kappa shape index (κ1) is 11.4. The van der Waals surface area contributed by atoms with Gasteiger partial charge in [0.15, 0.2) is 0 Å². The van der Waals surface area contributed by atoms with Crippen molar-refractivity contribution in [3.8, 4) is 0 Å². The summed E-state index contributed by atoms with van der Waals surface area (Å²) in [6.07, 6.45) is 7.74. The van der Waals surface area contributed by atoms with Gasteiger partial charge in [-0.1, -0.05) is 33.3 Å². The Morgan fingerprint density at radius 2 is 2.00 bits per heavy atom. The molecule has 1 unspecified atom stereocenters. The molecule has 88 valence electrons. The van der Waals surface area contributed by atoms with Crippen molar-refractivity contribution < 1.29 is 9.53 Å². The van der Waals surface area contributed by atoms with Gasteiger partial charge in [0.05, 0.1) is 0 Å². The molecule has 2 aliphatic rings. The van der Waals surface area contributed by atoms with E-state index in [1.54, 1.807) is 0 Å². The lowest BCUT2D eigenvalue weighted by Crippen LogP contribution is -2.32. The minimum atomic E-state index is -0.224. The Kier molecular flexibility index (Phi) is 2.48. The molecule has 2 aliphatic carbocycles. The van der Waals surface area contributed by atoms with Crippen molar-refractivity contribution in [1.29, 1.82) is 0 Å². The number of carbonyl (C=O) groups excluding carboxylic acids is 1. The zero-order chi connectivity index (χ0) is 12.0. The first-order valence-electron chi connectivity index (χ1n) is 5.98. The van der Waals surface area contributed by atoms with Crippen molar-refractivity contribution in [2.75, 3.05) is 0 Å². The quantitative estimate of drug-likeness (QED) is 0.631. The molecule has 1 atom stereocenters. The second kappa shape index (κ2) is 3.47. The number of carbonyl (C=O) groups is 1. The van der Waals surface area contributed by atoms with E-state index < -0.39 is 0 Å². The third kappa shape index (κ3) is 1.70. The second-order valence-electron chi connectivity index (χ2n) is 5.82. The molecule has 0 bridgehead atoms. The van der Waals surface area contributed by atoms with Crippen LogP contribution in [0.5, 0.6) is 0 Å². The maximum absolute atomic E-state index is 11.1. The van der Waals surface area contributed by atoms with Crippen LogP contribution in [0.4, 0.5) is 0 Å². The summed E-state index contributed by atoms with van der Waals surface area (Å²) in [4.78, 5) is 11.1. The van der Waals surface area contributed by atoms with Crippen molar-refractivity contribution in [2.45, 2.75) is 47.0 Å². The minimum absolute atomic E-state index is 0.104. The largest absolute Gasteiger partial charge is 0.427 e. The molecule has 0 aromatic carbocycles. The third-order valence-corrected chi connectivity index (χ3v) is 3.85. The third-order valence-electron chi connectivity index (χ3n) is 3.85. The lowest BCUT2D eigenvalue weighted by atomic mass is 9.62. The summed E-state index contributed by atoms with van der Waals surface area (Å²) >= 11 is 0. The average molecular weight is 220 g/mol. The van der Waals surface area contributed by atoms with E-state index in [2.05, 4.69) is 26.8 Å². The smallest absolute Gasteiger partial charge is 0.308 e. The van der Waals surface area contributed by atoms with Gasteiger partial charge >= 0.3 is 5.97 Å². The highest BCUT2D eigenvalue weighted by molar-refractivity contribution is 5.68. The highest BCUT2D eigenvalue weighted by atomic mass is 16.5. The Balaban J connectivity index is 2.44. The van der Waals surface area contributed by atoms with E-state index in [1.807, 2.05) is 6.08 Å². The van der Waals surface area contributed by atoms with Gasteiger partial charge in [0.25, 0.3) is 0 Å². The Morgan fingerprint density at radius 1 is 1.31 bits per heavy atom. The molecule has 2 rings (SSSR count). The summed E-state index contributed by atoms with van der Waals surface area (Å²) in [6, 6.07) is 0. The van der Waals surface area contributed by atoms with E-state index in [0.29, 0.717) is 0 Å². The highest BCUT2D eigenvalue weighted by Crippen LogP contribution is 2.55. The van der Waals surface area contributed by atoms with Gasteiger partial charge in [0.1, 0.15) is 5.76 Å². The van der Waals surface area contributed by atoms with Gasteiger partial charge in [0, 0.05) is 12.3 Å². The fourth-order valence-electron chi connectivity index (χ4n) is 3.29. The molecule has 1 fully saturated rings. The predicted octanol–water partition coefficient (Wildman–Crippen LogP) is 3.59. The van der Waals surface area contributed by atoms with Gasteiger partial charge in [0.2, 0.25) is 0 Å². The van der Waals surface area contributed by atoms with E-state index in [4.69, 9.17) is 4.74 Å². The summed E-state index contributed by atoms with van der Waals surface area (Å²) in [7, 11) is 0. The second-order valence-corrected chi connectivity index (χ2v) is 5.82. The maximum atomic E-state index is 11.1. The Bertz CT molecular complexity index is 388. The van der Waals surface area contributed by atoms with Crippen LogP contribution in [0.2, 0.25) is 0 Å². The minimum Gasteiger partial charge on any atom is -0.427 e. The van der Waals surface area contributed by atoms with E-state index in [0.717, 1.165) is 12.2 Å². The number of hydrogen-bond donors (Lipinski definition) is 0. The number of allylic oxidation sites excluding steroid dienone is 3. The molecule has 1 saturated carbocycles. The molecule has 0 aromatic rings. The fraction of sp³-hybridized carbons (Fsp3) is 0.643. The number of hydrogen-bond acceptors (Lipinski definition) is 2. The summed E-state index contributed by atoms with van der Waals surface area (Å²) in [5, 5.41) is 0. The Morgan fingerprint density at radius 3 is 2.62 bits per heavy atom. The van der Waals surface area contributed by atoms with Gasteiger partial charge in [-0.25, -0.2) is 0 Å². The molecular weight excluding hydrogens is 200 g/mol. The van der Waals surface area contributed by atoms with Crippen LogP contribution in [0.15, 0.2) is 23.5 Å². The van der Waals surface area contributed by atoms with Crippen molar-refractivity contribution in [1.82, 2.24) is 0 Å². The highest BCUT2D eigenvalue weighted by Gasteiger charge is 2.45. The van der Waals surface area contributed by atoms with Crippen LogP contribution in [0, 0.1) is 10.8 Å². The van der Waals surface area contributed by atoms with E-state index >= 15 is 0 Å². The summed E-state index contributed by atoms with van der Waals surface area (Å²) in [5.74, 6) is 0.567. The van der Waals surface area contributed by atoms with Crippen molar-refractivity contribution in [3.05, 3.63) is 23.5 Å². The molecule has 2 heteroatoms. The van der Waals surface area contributed by atoms with Gasteiger partial charge in [-0.15, -0.1) is 0 Å². The summed E-state index contributed by atoms with van der Waals surface area (Å²) < 4.78 is 5.34. The average Bonchev–Trinajstić information content (AvgIpc) is 2.42. The van der Waals surface area contributed by atoms with Crippen molar-refractivity contribution in [3.63, 3.8) is 0 Å². The summed E-state index contributed by atoms with van der Waals surface area (Å²) in [5.41, 5.74) is 1.55. The predicted molar refractivity (Wildman–Crippen MR) is 63.7 cm³/mol. The summed E-state index contributed by atoms with van der Waals surface area (Å²) in [6.45, 7) is 8.20. The number of ether oxygens (including phenoxy) is 1. The fourth-order valence-corrected chi connectivity index (χ4v) is 3.29. The Hall–Kier alpha value is -1.05. The molecule has 0 aliphatic heterocycles. The van der Waals surface area contributed by atoms with Gasteiger partial charge in [-0.3, -0.25) is 4.79 Å². The number of esters is 1. The van der Waals surface area contributed by atoms with Crippen molar-refractivity contribution >= 4 is 5.97 Å². The molecular formula is C14H20O2. The van der Waals surface area contributed by atoms with Crippen LogP contribution in [0.25, 0.3) is 0 Å². The van der Waals surface area contributed by atoms with Gasteiger partial charge in [-0.2, -0.15) is 0 Å². The first-order chi connectivity index (χ1) is 7.35. The number of fused-ring (bicyclic) bond motifs is 1. The molecule has 0 spiro atoms. The molecule has 0 radical (unpaired) electrons. The topological polar surface area (TPSA) is 26.3 Å². The van der Waals surface area contributed by atoms with Crippen LogP contribution in [-0.2, 0) is 9.53 Å². The van der Waals surface area contributed by atoms with Crippen LogP contribution in [0.3, 0.4) is 0 Å². The molecule has 16 heavy (non-hydrogen) atoms. The molecule has 0 aromatic heterocycles. The van der Waals surface area contributed by atoms with Gasteiger partial charge in [-0.05, 0) is 29.9 Å². The zero-order valence-corrected chi connectivity index (χ0v) is 10.6. The van der Waals surface area contributed by atoms with E-state index in [1.165, 1.54) is 25.3 Å². The Labute approximate surface area is 97.4 Å². The molecule has 0 amide bonds. The van der Waals surface area contributed by atoms with Crippen LogP contribution in [-0.4, -0.2) is 5.97 Å². The van der Waals surface area contributed by atoms with Crippen molar-refractivity contribution in [2.24, 2.45) is 10.8 Å². The zero-order valence-electron chi connectivity index (χ0n) is 10.6. The molecule has 0 saturated heterocycles. The molecule has 0 N–H and O–H groups in total. The van der Waals surface area contributed by atoms with Gasteiger partial charge < -0.3 is 4.74 Å². The molecule has 2 nitrogen and oxygen atoms in total. The number of rotatable bonds is 1.